The second-order valence-electron chi connectivity index (χ2n) is 3.80. The summed E-state index contributed by atoms with van der Waals surface area (Å²) in [4.78, 5) is 1.50. The van der Waals surface area contributed by atoms with Crippen molar-refractivity contribution >= 4 is 11.3 Å². The molecule has 0 amide bonds. The average molecular weight is 181 g/mol. The normalized spacial score (nSPS) is 19.4. The van der Waals surface area contributed by atoms with Crippen molar-refractivity contribution in [2.24, 2.45) is 5.73 Å². The third-order valence-electron chi connectivity index (χ3n) is 2.57. The van der Waals surface area contributed by atoms with Crippen LogP contribution in [0.5, 0.6) is 0 Å². The fourth-order valence-electron chi connectivity index (χ4n) is 1.48. The lowest BCUT2D eigenvalue weighted by Crippen LogP contribution is -2.21. The first-order chi connectivity index (χ1) is 5.79. The van der Waals surface area contributed by atoms with Crippen LogP contribution < -0.4 is 5.73 Å². The largest absolute Gasteiger partial charge is 0.325 e. The zero-order valence-corrected chi connectivity index (χ0v) is 8.07. The Bertz CT molecular complexity index is 236. The van der Waals surface area contributed by atoms with Crippen molar-refractivity contribution in [1.29, 1.82) is 0 Å². The quantitative estimate of drug-likeness (QED) is 0.759. The van der Waals surface area contributed by atoms with Gasteiger partial charge in [-0.05, 0) is 43.6 Å². The van der Waals surface area contributed by atoms with Crippen LogP contribution in [0.2, 0.25) is 0 Å². The van der Waals surface area contributed by atoms with Crippen LogP contribution in [-0.2, 0) is 6.42 Å². The maximum atomic E-state index is 5.99. The van der Waals surface area contributed by atoms with Gasteiger partial charge in [0.2, 0.25) is 0 Å². The fourth-order valence-corrected chi connectivity index (χ4v) is 2.23. The molecule has 0 aliphatic heterocycles. The molecule has 0 bridgehead atoms. The first-order valence-electron chi connectivity index (χ1n) is 4.60. The van der Waals surface area contributed by atoms with Gasteiger partial charge in [0.05, 0.1) is 0 Å². The minimum Gasteiger partial charge on any atom is -0.325 e. The summed E-state index contributed by atoms with van der Waals surface area (Å²) < 4.78 is 0. The highest BCUT2D eigenvalue weighted by atomic mass is 32.1. The SMILES string of the molecule is NC1(CCCc2cccs2)CC1. The van der Waals surface area contributed by atoms with E-state index in [2.05, 4.69) is 17.5 Å². The third-order valence-corrected chi connectivity index (χ3v) is 3.51. The Hall–Kier alpha value is -0.340. The monoisotopic (exact) mass is 181 g/mol. The van der Waals surface area contributed by atoms with Crippen LogP contribution in [0.15, 0.2) is 17.5 Å². The summed E-state index contributed by atoms with van der Waals surface area (Å²) in [7, 11) is 0. The molecule has 1 aliphatic carbocycles. The van der Waals surface area contributed by atoms with Gasteiger partial charge in [0.15, 0.2) is 0 Å². The second kappa shape index (κ2) is 3.19. The molecule has 0 saturated heterocycles. The Morgan fingerprint density at radius 1 is 1.50 bits per heavy atom. The van der Waals surface area contributed by atoms with E-state index in [1.54, 1.807) is 0 Å². The molecule has 0 radical (unpaired) electrons. The summed E-state index contributed by atoms with van der Waals surface area (Å²) in [5.74, 6) is 0. The smallest absolute Gasteiger partial charge is 0.0155 e. The summed E-state index contributed by atoms with van der Waals surface area (Å²) in [6.07, 6.45) is 6.19. The molecule has 1 saturated carbocycles. The Morgan fingerprint density at radius 3 is 2.92 bits per heavy atom. The van der Waals surface area contributed by atoms with Crippen LogP contribution in [0.25, 0.3) is 0 Å². The van der Waals surface area contributed by atoms with E-state index in [0.717, 1.165) is 0 Å². The first-order valence-corrected chi connectivity index (χ1v) is 5.48. The van der Waals surface area contributed by atoms with E-state index in [1.807, 2.05) is 11.3 Å². The van der Waals surface area contributed by atoms with E-state index in [0.29, 0.717) is 0 Å². The number of aryl methyl sites for hydroxylation is 1. The molecule has 0 unspecified atom stereocenters. The van der Waals surface area contributed by atoms with Crippen LogP contribution in [0, 0.1) is 0 Å². The van der Waals surface area contributed by atoms with Gasteiger partial charge in [0.1, 0.15) is 0 Å². The van der Waals surface area contributed by atoms with E-state index in [9.17, 15) is 0 Å². The summed E-state index contributed by atoms with van der Waals surface area (Å²) in [5.41, 5.74) is 6.24. The molecule has 66 valence electrons. The molecule has 1 aromatic heterocycles. The van der Waals surface area contributed by atoms with Crippen molar-refractivity contribution in [2.45, 2.75) is 37.6 Å². The van der Waals surface area contributed by atoms with Gasteiger partial charge < -0.3 is 5.73 Å². The third kappa shape index (κ3) is 2.08. The highest BCUT2D eigenvalue weighted by Crippen LogP contribution is 2.36. The fraction of sp³-hybridized carbons (Fsp3) is 0.600. The highest BCUT2D eigenvalue weighted by molar-refractivity contribution is 7.09. The summed E-state index contributed by atoms with van der Waals surface area (Å²) >= 11 is 1.85. The van der Waals surface area contributed by atoms with Crippen LogP contribution in [0.4, 0.5) is 0 Å². The molecule has 0 aromatic carbocycles. The molecule has 1 fully saturated rings. The molecule has 12 heavy (non-hydrogen) atoms. The molecule has 0 atom stereocenters. The Balaban J connectivity index is 1.69. The lowest BCUT2D eigenvalue weighted by atomic mass is 10.1. The van der Waals surface area contributed by atoms with Crippen LogP contribution >= 0.6 is 11.3 Å². The molecule has 1 aliphatic rings. The van der Waals surface area contributed by atoms with Gasteiger partial charge in [-0.2, -0.15) is 0 Å². The predicted molar refractivity (Wildman–Crippen MR) is 53.4 cm³/mol. The lowest BCUT2D eigenvalue weighted by molar-refractivity contribution is 0.578. The van der Waals surface area contributed by atoms with Gasteiger partial charge in [-0.25, -0.2) is 0 Å². The maximum absolute atomic E-state index is 5.99. The molecule has 0 spiro atoms. The molecule has 1 aromatic rings. The summed E-state index contributed by atoms with van der Waals surface area (Å²) in [6.45, 7) is 0. The topological polar surface area (TPSA) is 26.0 Å². The van der Waals surface area contributed by atoms with Crippen molar-refractivity contribution in [3.63, 3.8) is 0 Å². The van der Waals surface area contributed by atoms with E-state index in [1.165, 1.54) is 37.0 Å². The van der Waals surface area contributed by atoms with E-state index < -0.39 is 0 Å². The molecular formula is C10H15NS. The zero-order chi connectivity index (χ0) is 8.44. The van der Waals surface area contributed by atoms with Crippen LogP contribution in [0.3, 0.4) is 0 Å². The van der Waals surface area contributed by atoms with Crippen LogP contribution in [-0.4, -0.2) is 5.54 Å². The van der Waals surface area contributed by atoms with Gasteiger partial charge in [0.25, 0.3) is 0 Å². The number of thiophene rings is 1. The van der Waals surface area contributed by atoms with E-state index >= 15 is 0 Å². The van der Waals surface area contributed by atoms with E-state index in [4.69, 9.17) is 5.73 Å². The van der Waals surface area contributed by atoms with Crippen molar-refractivity contribution in [1.82, 2.24) is 0 Å². The van der Waals surface area contributed by atoms with Gasteiger partial charge in [-0.1, -0.05) is 6.07 Å². The number of hydrogen-bond acceptors (Lipinski definition) is 2. The average Bonchev–Trinajstić information content (AvgIpc) is 2.61. The number of nitrogens with two attached hydrogens (primary N) is 1. The number of rotatable bonds is 4. The first kappa shape index (κ1) is 8.27. The van der Waals surface area contributed by atoms with Gasteiger partial charge in [0, 0.05) is 10.4 Å². The van der Waals surface area contributed by atoms with Gasteiger partial charge in [-0.3, -0.25) is 0 Å². The summed E-state index contributed by atoms with van der Waals surface area (Å²) in [5, 5.41) is 2.14. The second-order valence-corrected chi connectivity index (χ2v) is 4.83. The molecule has 2 heteroatoms. The molecule has 2 N–H and O–H groups in total. The van der Waals surface area contributed by atoms with Crippen molar-refractivity contribution in [3.8, 4) is 0 Å². The number of hydrogen-bond donors (Lipinski definition) is 1. The predicted octanol–water partition coefficient (Wildman–Crippen LogP) is 2.56. The molecule has 2 rings (SSSR count). The molecule has 1 nitrogen and oxygen atoms in total. The lowest BCUT2D eigenvalue weighted by Gasteiger charge is -2.06. The highest BCUT2D eigenvalue weighted by Gasteiger charge is 2.36. The maximum Gasteiger partial charge on any atom is 0.0155 e. The van der Waals surface area contributed by atoms with Crippen molar-refractivity contribution in [3.05, 3.63) is 22.4 Å². The molecule has 1 heterocycles. The molecular weight excluding hydrogens is 166 g/mol. The minimum atomic E-state index is 0.247. The van der Waals surface area contributed by atoms with Crippen LogP contribution in [0.1, 0.15) is 30.6 Å². The standard InChI is InChI=1S/C10H15NS/c11-10(6-7-10)5-1-3-9-4-2-8-12-9/h2,4,8H,1,3,5-7,11H2. The Labute approximate surface area is 77.6 Å². The van der Waals surface area contributed by atoms with Gasteiger partial charge in [-0.15, -0.1) is 11.3 Å². The Morgan fingerprint density at radius 2 is 2.33 bits per heavy atom. The zero-order valence-electron chi connectivity index (χ0n) is 7.25. The Kier molecular flexibility index (Phi) is 2.20. The van der Waals surface area contributed by atoms with E-state index in [-0.39, 0.29) is 5.54 Å². The van der Waals surface area contributed by atoms with Crippen molar-refractivity contribution < 1.29 is 0 Å². The van der Waals surface area contributed by atoms with Crippen molar-refractivity contribution in [2.75, 3.05) is 0 Å². The van der Waals surface area contributed by atoms with Gasteiger partial charge >= 0.3 is 0 Å². The summed E-state index contributed by atoms with van der Waals surface area (Å²) in [6, 6.07) is 4.33. The minimum absolute atomic E-state index is 0.247.